The highest BCUT2D eigenvalue weighted by Gasteiger charge is 2.33. The van der Waals surface area contributed by atoms with Crippen molar-refractivity contribution in [3.05, 3.63) is 58.5 Å². The lowest BCUT2D eigenvalue weighted by molar-refractivity contribution is 0.114. The molecule has 8 heteroatoms. The average Bonchev–Trinajstić information content (AvgIpc) is 3.31. The Kier molecular flexibility index (Phi) is 4.56. The van der Waals surface area contributed by atoms with Crippen molar-refractivity contribution in [1.82, 2.24) is 19.3 Å². The zero-order chi connectivity index (χ0) is 21.9. The molecule has 4 aromatic rings. The van der Waals surface area contributed by atoms with E-state index >= 15 is 0 Å². The fourth-order valence-electron chi connectivity index (χ4n) is 4.40. The van der Waals surface area contributed by atoms with Crippen LogP contribution in [0.4, 0.5) is 5.69 Å². The zero-order valence-corrected chi connectivity index (χ0v) is 18.0. The fourth-order valence-corrected chi connectivity index (χ4v) is 4.40. The summed E-state index contributed by atoms with van der Waals surface area (Å²) >= 11 is 0. The molecule has 2 atom stereocenters. The lowest BCUT2D eigenvalue weighted by Crippen LogP contribution is -2.37. The van der Waals surface area contributed by atoms with Crippen molar-refractivity contribution in [2.75, 3.05) is 32.1 Å². The van der Waals surface area contributed by atoms with E-state index in [0.29, 0.717) is 23.4 Å². The molecule has 1 aliphatic rings. The third-order valence-corrected chi connectivity index (χ3v) is 6.01. The predicted molar refractivity (Wildman–Crippen MR) is 120 cm³/mol. The van der Waals surface area contributed by atoms with Gasteiger partial charge in [-0.3, -0.25) is 4.98 Å². The van der Waals surface area contributed by atoms with E-state index in [9.17, 15) is 9.90 Å². The largest absolute Gasteiger partial charge is 0.422 e. The average molecular weight is 419 g/mol. The first-order chi connectivity index (χ1) is 14.8. The number of likely N-dealkylation sites (N-methyl/N-ethyl adjacent to an activating group) is 1. The molecule has 1 aliphatic heterocycles. The first kappa shape index (κ1) is 19.7. The molecule has 1 aromatic carbocycles. The van der Waals surface area contributed by atoms with Gasteiger partial charge in [-0.2, -0.15) is 0 Å². The molecule has 4 heterocycles. The van der Waals surface area contributed by atoms with Gasteiger partial charge in [-0.25, -0.2) is 9.78 Å². The van der Waals surface area contributed by atoms with E-state index in [-0.39, 0.29) is 6.04 Å². The summed E-state index contributed by atoms with van der Waals surface area (Å²) in [6.45, 7) is 5.09. The molecule has 0 radical (unpaired) electrons. The van der Waals surface area contributed by atoms with Crippen LogP contribution in [0.2, 0.25) is 0 Å². The van der Waals surface area contributed by atoms with Gasteiger partial charge in [-0.05, 0) is 46.1 Å². The highest BCUT2D eigenvalue weighted by atomic mass is 16.4. The molecule has 1 saturated heterocycles. The number of aliphatic hydroxyl groups excluding tert-OH is 1. The lowest BCUT2D eigenvalue weighted by Gasteiger charge is -2.22. The number of fused-ring (bicyclic) bond motifs is 2. The summed E-state index contributed by atoms with van der Waals surface area (Å²) in [5.74, 6) is 0. The van der Waals surface area contributed by atoms with Crippen LogP contribution in [0.3, 0.4) is 0 Å². The first-order valence-corrected chi connectivity index (χ1v) is 10.3. The van der Waals surface area contributed by atoms with Gasteiger partial charge >= 0.3 is 5.63 Å². The normalized spacial score (nSPS) is 19.2. The molecule has 0 amide bonds. The minimum absolute atomic E-state index is 0.0710. The van der Waals surface area contributed by atoms with Crippen LogP contribution in [-0.2, 0) is 0 Å². The van der Waals surface area contributed by atoms with Crippen LogP contribution in [0, 0.1) is 13.8 Å². The maximum atomic E-state index is 12.8. The smallest absolute Gasteiger partial charge is 0.345 e. The topological polar surface area (TPSA) is 87.1 Å². The lowest BCUT2D eigenvalue weighted by atomic mass is 10.1. The summed E-state index contributed by atoms with van der Waals surface area (Å²) in [7, 11) is 3.94. The first-order valence-electron chi connectivity index (χ1n) is 10.3. The number of hydrogen-bond donors (Lipinski definition) is 1. The highest BCUT2D eigenvalue weighted by Crippen LogP contribution is 2.28. The Labute approximate surface area is 179 Å². The highest BCUT2D eigenvalue weighted by molar-refractivity contribution is 5.84. The van der Waals surface area contributed by atoms with Crippen LogP contribution in [0.15, 0.2) is 45.9 Å². The Morgan fingerprint density at radius 2 is 1.94 bits per heavy atom. The fraction of sp³-hybridized carbons (Fsp3) is 0.348. The summed E-state index contributed by atoms with van der Waals surface area (Å²) in [6, 6.07) is 7.70. The van der Waals surface area contributed by atoms with Crippen LogP contribution in [0.5, 0.6) is 0 Å². The number of rotatable bonds is 3. The van der Waals surface area contributed by atoms with Gasteiger partial charge in [0.05, 0.1) is 34.8 Å². The van der Waals surface area contributed by atoms with Crippen molar-refractivity contribution >= 4 is 22.3 Å². The molecule has 0 spiro atoms. The molecule has 160 valence electrons. The van der Waals surface area contributed by atoms with Crippen LogP contribution in [-0.4, -0.2) is 63.7 Å². The number of benzene rings is 1. The predicted octanol–water partition coefficient (Wildman–Crippen LogP) is 2.23. The molecule has 1 N–H and O–H groups in total. The second-order valence-corrected chi connectivity index (χ2v) is 8.50. The number of imidazole rings is 1. The molecule has 0 aliphatic carbocycles. The van der Waals surface area contributed by atoms with Gasteiger partial charge in [-0.1, -0.05) is 0 Å². The van der Waals surface area contributed by atoms with Crippen LogP contribution < -0.4 is 10.5 Å². The van der Waals surface area contributed by atoms with E-state index in [1.807, 2.05) is 73.9 Å². The molecular formula is C23H25N5O3. The Hall–Kier alpha value is -3.23. The molecule has 0 bridgehead atoms. The van der Waals surface area contributed by atoms with E-state index in [1.165, 1.54) is 0 Å². The Morgan fingerprint density at radius 1 is 1.13 bits per heavy atom. The van der Waals surface area contributed by atoms with E-state index in [1.54, 1.807) is 0 Å². The quantitative estimate of drug-likeness (QED) is 0.510. The summed E-state index contributed by atoms with van der Waals surface area (Å²) in [5.41, 5.74) is 4.42. The van der Waals surface area contributed by atoms with E-state index in [4.69, 9.17) is 4.42 Å². The van der Waals surface area contributed by atoms with Crippen molar-refractivity contribution in [2.24, 2.45) is 0 Å². The van der Waals surface area contributed by atoms with Crippen molar-refractivity contribution in [1.29, 1.82) is 0 Å². The molecule has 0 saturated carbocycles. The third-order valence-electron chi connectivity index (χ3n) is 6.01. The number of aliphatic hydroxyl groups is 1. The molecule has 31 heavy (non-hydrogen) atoms. The standard InChI is InChI=1S/C23H25N5O3/c1-13-9-28-10-18(25-22(28)14(2)24-13)17-7-15-5-6-16(8-21(15)31-23(17)30)27-11-19(26(3)4)20(29)12-27/h5-10,19-20,29H,11-12H2,1-4H3. The number of nitrogens with zero attached hydrogens (tertiary/aromatic N) is 5. The number of hydrogen-bond acceptors (Lipinski definition) is 7. The minimum Gasteiger partial charge on any atom is -0.422 e. The van der Waals surface area contributed by atoms with Crippen LogP contribution in [0.1, 0.15) is 11.4 Å². The van der Waals surface area contributed by atoms with Crippen molar-refractivity contribution in [3.8, 4) is 11.3 Å². The number of aryl methyl sites for hydroxylation is 2. The Morgan fingerprint density at radius 3 is 2.68 bits per heavy atom. The van der Waals surface area contributed by atoms with Gasteiger partial charge in [0.15, 0.2) is 5.65 Å². The Balaban J connectivity index is 1.53. The molecule has 3 aromatic heterocycles. The third kappa shape index (κ3) is 3.37. The van der Waals surface area contributed by atoms with Gasteiger partial charge in [0, 0.05) is 42.6 Å². The minimum atomic E-state index is -0.428. The summed E-state index contributed by atoms with van der Waals surface area (Å²) in [5, 5.41) is 11.2. The number of anilines is 1. The SMILES string of the molecule is Cc1cn2cc(-c3cc4ccc(N5CC(O)C(N(C)C)C5)cc4oc3=O)nc2c(C)n1. The summed E-state index contributed by atoms with van der Waals surface area (Å²) in [6.07, 6.45) is 3.30. The van der Waals surface area contributed by atoms with E-state index in [0.717, 1.165) is 34.7 Å². The van der Waals surface area contributed by atoms with Crippen LogP contribution in [0.25, 0.3) is 27.9 Å². The number of aromatic nitrogens is 3. The second-order valence-electron chi connectivity index (χ2n) is 8.50. The zero-order valence-electron chi connectivity index (χ0n) is 18.0. The van der Waals surface area contributed by atoms with Gasteiger partial charge in [0.25, 0.3) is 0 Å². The van der Waals surface area contributed by atoms with Gasteiger partial charge in [0.2, 0.25) is 0 Å². The molecule has 8 nitrogen and oxygen atoms in total. The van der Waals surface area contributed by atoms with Crippen molar-refractivity contribution in [3.63, 3.8) is 0 Å². The van der Waals surface area contributed by atoms with Crippen molar-refractivity contribution in [2.45, 2.75) is 26.0 Å². The maximum Gasteiger partial charge on any atom is 0.345 e. The van der Waals surface area contributed by atoms with Crippen molar-refractivity contribution < 1.29 is 9.52 Å². The van der Waals surface area contributed by atoms with Crippen LogP contribution >= 0.6 is 0 Å². The van der Waals surface area contributed by atoms with E-state index < -0.39 is 11.7 Å². The maximum absolute atomic E-state index is 12.8. The number of β-amino-alcohol motifs (C(OH)–C–C–N with tert-alkyl or cyclic N) is 1. The van der Waals surface area contributed by atoms with E-state index in [2.05, 4.69) is 14.9 Å². The van der Waals surface area contributed by atoms with Gasteiger partial charge < -0.3 is 23.7 Å². The molecule has 1 fully saturated rings. The molecule has 2 unspecified atom stereocenters. The summed E-state index contributed by atoms with van der Waals surface area (Å²) < 4.78 is 7.57. The molecule has 5 rings (SSSR count). The second kappa shape index (κ2) is 7.18. The summed E-state index contributed by atoms with van der Waals surface area (Å²) in [4.78, 5) is 26.0. The van der Waals surface area contributed by atoms with Gasteiger partial charge in [0.1, 0.15) is 5.58 Å². The van der Waals surface area contributed by atoms with Gasteiger partial charge in [-0.15, -0.1) is 0 Å². The monoisotopic (exact) mass is 419 g/mol. The Bertz CT molecular complexity index is 1360. The molecular weight excluding hydrogens is 394 g/mol.